The van der Waals surface area contributed by atoms with Gasteiger partial charge in [-0.15, -0.1) is 0 Å². The summed E-state index contributed by atoms with van der Waals surface area (Å²) < 4.78 is 5.02. The van der Waals surface area contributed by atoms with E-state index in [1.807, 2.05) is 6.92 Å². The lowest BCUT2D eigenvalue weighted by Crippen LogP contribution is -2.04. The van der Waals surface area contributed by atoms with Crippen molar-refractivity contribution in [2.75, 3.05) is 6.61 Å². The summed E-state index contributed by atoms with van der Waals surface area (Å²) in [5, 5.41) is 0.662. The highest BCUT2D eigenvalue weighted by atomic mass is 79.9. The second kappa shape index (κ2) is 4.63. The first-order valence-electron chi connectivity index (χ1n) is 3.67. The molecular formula is C9H8BrClO2. The highest BCUT2D eigenvalue weighted by Gasteiger charge is 2.01. The summed E-state index contributed by atoms with van der Waals surface area (Å²) in [6, 6.07) is 5.26. The maximum Gasteiger partial charge on any atom is 0.235 e. The summed E-state index contributed by atoms with van der Waals surface area (Å²) in [6.45, 7) is 1.91. The minimum Gasteiger partial charge on any atom is -0.485 e. The molecule has 0 saturated carbocycles. The Morgan fingerprint density at radius 2 is 2.31 bits per heavy atom. The lowest BCUT2D eigenvalue weighted by molar-refractivity contribution is -0.112. The fourth-order valence-corrected chi connectivity index (χ4v) is 1.25. The Bertz CT molecular complexity index is 325. The molecule has 1 rings (SSSR count). The van der Waals surface area contributed by atoms with Crippen LogP contribution in [0, 0.1) is 6.92 Å². The van der Waals surface area contributed by atoms with Gasteiger partial charge in [0, 0.05) is 5.02 Å². The molecule has 0 amide bonds. The summed E-state index contributed by atoms with van der Waals surface area (Å²) in [5.74, 6) is 0.678. The molecular weight excluding hydrogens is 255 g/mol. The SMILES string of the molecule is Cc1cc(Cl)ccc1OCC(=O)Br. The predicted molar refractivity (Wildman–Crippen MR) is 55.6 cm³/mol. The van der Waals surface area contributed by atoms with Gasteiger partial charge < -0.3 is 4.74 Å². The lowest BCUT2D eigenvalue weighted by atomic mass is 10.2. The number of benzene rings is 1. The average Bonchev–Trinajstić information content (AvgIpc) is 2.02. The Morgan fingerprint density at radius 3 is 2.85 bits per heavy atom. The zero-order valence-electron chi connectivity index (χ0n) is 7.01. The lowest BCUT2D eigenvalue weighted by Gasteiger charge is -2.06. The monoisotopic (exact) mass is 262 g/mol. The van der Waals surface area contributed by atoms with Crippen LogP contribution in [0.5, 0.6) is 5.75 Å². The minimum absolute atomic E-state index is 0.0302. The maximum absolute atomic E-state index is 10.6. The van der Waals surface area contributed by atoms with E-state index in [2.05, 4.69) is 15.9 Å². The third-order valence-electron chi connectivity index (χ3n) is 1.48. The largest absolute Gasteiger partial charge is 0.485 e. The Balaban J connectivity index is 2.72. The number of hydrogen-bond donors (Lipinski definition) is 0. The topological polar surface area (TPSA) is 26.3 Å². The van der Waals surface area contributed by atoms with E-state index < -0.39 is 0 Å². The molecule has 70 valence electrons. The van der Waals surface area contributed by atoms with Crippen LogP contribution in [-0.4, -0.2) is 11.3 Å². The van der Waals surface area contributed by atoms with Crippen molar-refractivity contribution in [1.29, 1.82) is 0 Å². The second-order valence-corrected chi connectivity index (χ2v) is 3.87. The van der Waals surface area contributed by atoms with Gasteiger partial charge in [-0.1, -0.05) is 11.6 Å². The van der Waals surface area contributed by atoms with Gasteiger partial charge >= 0.3 is 0 Å². The summed E-state index contributed by atoms with van der Waals surface area (Å²) in [4.78, 5) is 10.6. The molecule has 0 radical (unpaired) electrons. The summed E-state index contributed by atoms with van der Waals surface area (Å²) >= 11 is 8.53. The van der Waals surface area contributed by atoms with E-state index in [1.165, 1.54) is 0 Å². The van der Waals surface area contributed by atoms with E-state index in [0.29, 0.717) is 10.8 Å². The second-order valence-electron chi connectivity index (χ2n) is 2.55. The minimum atomic E-state index is -0.179. The molecule has 0 aliphatic rings. The van der Waals surface area contributed by atoms with Crippen LogP contribution in [0.25, 0.3) is 0 Å². The molecule has 0 aromatic heterocycles. The van der Waals surface area contributed by atoms with Crippen molar-refractivity contribution in [3.63, 3.8) is 0 Å². The van der Waals surface area contributed by atoms with Crippen LogP contribution in [0.3, 0.4) is 0 Å². The fourth-order valence-electron chi connectivity index (χ4n) is 0.909. The number of carbonyl (C=O) groups is 1. The van der Waals surface area contributed by atoms with Gasteiger partial charge in [-0.3, -0.25) is 4.79 Å². The summed E-state index contributed by atoms with van der Waals surface area (Å²) in [5.41, 5.74) is 0.918. The Kier molecular flexibility index (Phi) is 3.75. The van der Waals surface area contributed by atoms with E-state index >= 15 is 0 Å². The number of hydrogen-bond acceptors (Lipinski definition) is 2. The molecule has 0 saturated heterocycles. The molecule has 0 spiro atoms. The zero-order chi connectivity index (χ0) is 9.84. The van der Waals surface area contributed by atoms with E-state index in [-0.39, 0.29) is 11.3 Å². The number of halogens is 2. The highest BCUT2D eigenvalue weighted by Crippen LogP contribution is 2.21. The summed E-state index contributed by atoms with van der Waals surface area (Å²) in [7, 11) is 0. The first kappa shape index (κ1) is 10.5. The molecule has 0 bridgehead atoms. The quantitative estimate of drug-likeness (QED) is 0.784. The average molecular weight is 264 g/mol. The van der Waals surface area contributed by atoms with Crippen molar-refractivity contribution in [2.45, 2.75) is 6.92 Å². The standard InChI is InChI=1S/C9H8BrClO2/c1-6-4-7(11)2-3-8(6)13-5-9(10)12/h2-4H,5H2,1H3. The van der Waals surface area contributed by atoms with Crippen molar-refractivity contribution in [1.82, 2.24) is 0 Å². The van der Waals surface area contributed by atoms with Crippen molar-refractivity contribution < 1.29 is 9.53 Å². The molecule has 0 N–H and O–H groups in total. The van der Waals surface area contributed by atoms with Gasteiger partial charge in [0.15, 0.2) is 6.61 Å². The third-order valence-corrected chi connectivity index (χ3v) is 1.94. The Morgan fingerprint density at radius 1 is 1.62 bits per heavy atom. The number of carbonyl (C=O) groups excluding carboxylic acids is 1. The van der Waals surface area contributed by atoms with Crippen molar-refractivity contribution >= 4 is 32.2 Å². The molecule has 0 fully saturated rings. The van der Waals surface area contributed by atoms with Gasteiger partial charge in [0.05, 0.1) is 0 Å². The molecule has 0 unspecified atom stereocenters. The van der Waals surface area contributed by atoms with Crippen molar-refractivity contribution in [3.8, 4) is 5.75 Å². The third kappa shape index (κ3) is 3.36. The van der Waals surface area contributed by atoms with Gasteiger partial charge in [0.2, 0.25) is 4.69 Å². The van der Waals surface area contributed by atoms with Crippen LogP contribution in [0.4, 0.5) is 0 Å². The van der Waals surface area contributed by atoms with Crippen LogP contribution >= 0.6 is 27.5 Å². The molecule has 0 heterocycles. The van der Waals surface area contributed by atoms with Crippen LogP contribution in [-0.2, 0) is 4.79 Å². The van der Waals surface area contributed by atoms with Crippen LogP contribution in [0.1, 0.15) is 5.56 Å². The van der Waals surface area contributed by atoms with Crippen molar-refractivity contribution in [3.05, 3.63) is 28.8 Å². The van der Waals surface area contributed by atoms with Gasteiger partial charge in [-0.05, 0) is 46.6 Å². The molecule has 1 aromatic carbocycles. The van der Waals surface area contributed by atoms with Crippen LogP contribution in [0.2, 0.25) is 5.02 Å². The van der Waals surface area contributed by atoms with E-state index in [0.717, 1.165) is 5.56 Å². The van der Waals surface area contributed by atoms with E-state index in [1.54, 1.807) is 18.2 Å². The number of rotatable bonds is 3. The number of aryl methyl sites for hydroxylation is 1. The van der Waals surface area contributed by atoms with Gasteiger partial charge in [-0.25, -0.2) is 0 Å². The molecule has 0 atom stereocenters. The Hall–Kier alpha value is -0.540. The Labute approximate surface area is 90.0 Å². The predicted octanol–water partition coefficient (Wildman–Crippen LogP) is 2.95. The van der Waals surface area contributed by atoms with Gasteiger partial charge in [0.25, 0.3) is 0 Å². The van der Waals surface area contributed by atoms with Crippen molar-refractivity contribution in [2.24, 2.45) is 0 Å². The number of ether oxygens (including phenoxy) is 1. The molecule has 0 aliphatic carbocycles. The molecule has 2 nitrogen and oxygen atoms in total. The molecule has 13 heavy (non-hydrogen) atoms. The zero-order valence-corrected chi connectivity index (χ0v) is 9.35. The first-order valence-corrected chi connectivity index (χ1v) is 4.84. The van der Waals surface area contributed by atoms with E-state index in [9.17, 15) is 4.79 Å². The van der Waals surface area contributed by atoms with E-state index in [4.69, 9.17) is 16.3 Å². The highest BCUT2D eigenvalue weighted by molar-refractivity contribution is 9.18. The molecule has 1 aromatic rings. The summed E-state index contributed by atoms with van der Waals surface area (Å²) in [6.07, 6.45) is 0. The van der Waals surface area contributed by atoms with Crippen LogP contribution < -0.4 is 4.74 Å². The maximum atomic E-state index is 10.6. The van der Waals surface area contributed by atoms with Crippen LogP contribution in [0.15, 0.2) is 18.2 Å². The van der Waals surface area contributed by atoms with Gasteiger partial charge in [-0.2, -0.15) is 0 Å². The first-order chi connectivity index (χ1) is 6.09. The normalized spacial score (nSPS) is 9.77. The van der Waals surface area contributed by atoms with Gasteiger partial charge in [0.1, 0.15) is 5.75 Å². The molecule has 0 aliphatic heterocycles. The fraction of sp³-hybridized carbons (Fsp3) is 0.222. The molecule has 4 heteroatoms. The smallest absolute Gasteiger partial charge is 0.235 e.